The van der Waals surface area contributed by atoms with E-state index in [0.717, 1.165) is 12.8 Å². The van der Waals surface area contributed by atoms with Gasteiger partial charge in [0.2, 0.25) is 17.7 Å². The Hall–Kier alpha value is -3.54. The minimum absolute atomic E-state index is 0.0337. The second-order valence-corrected chi connectivity index (χ2v) is 10.5. The van der Waals surface area contributed by atoms with Gasteiger partial charge in [-0.3, -0.25) is 14.4 Å². The Labute approximate surface area is 219 Å². The van der Waals surface area contributed by atoms with Crippen molar-refractivity contribution in [2.75, 3.05) is 0 Å². The molecule has 0 bridgehead atoms. The monoisotopic (exact) mass is 512 g/mol. The molecule has 1 saturated carbocycles. The minimum Gasteiger partial charge on any atom is -0.444 e. The summed E-state index contributed by atoms with van der Waals surface area (Å²) in [5.41, 5.74) is 5.58. The highest BCUT2D eigenvalue weighted by atomic mass is 16.6. The molecule has 2 rings (SSSR count). The van der Waals surface area contributed by atoms with Crippen LogP contribution in [0.1, 0.15) is 90.3 Å². The molecule has 4 amide bonds. The summed E-state index contributed by atoms with van der Waals surface area (Å²) >= 11 is 0. The average molecular weight is 513 g/mol. The van der Waals surface area contributed by atoms with E-state index in [1.54, 1.807) is 45.0 Å². The zero-order chi connectivity index (χ0) is 27.8. The number of nitrogens with one attached hydrogen (secondary N) is 2. The smallest absolute Gasteiger partial charge is 0.408 e. The van der Waals surface area contributed by atoms with Gasteiger partial charge in [0.1, 0.15) is 17.7 Å². The lowest BCUT2D eigenvalue weighted by molar-refractivity contribution is -0.143. The van der Waals surface area contributed by atoms with Crippen molar-refractivity contribution >= 4 is 23.8 Å². The van der Waals surface area contributed by atoms with Gasteiger partial charge >= 0.3 is 6.09 Å². The molecule has 0 radical (unpaired) electrons. The van der Waals surface area contributed by atoms with Crippen molar-refractivity contribution in [2.45, 2.75) is 103 Å². The van der Waals surface area contributed by atoms with Crippen LogP contribution in [0.4, 0.5) is 4.79 Å². The van der Waals surface area contributed by atoms with E-state index in [4.69, 9.17) is 16.9 Å². The summed E-state index contributed by atoms with van der Waals surface area (Å²) in [6.07, 6.45) is 7.86. The molecule has 202 valence electrons. The molecule has 0 heterocycles. The summed E-state index contributed by atoms with van der Waals surface area (Å²) in [7, 11) is 0. The summed E-state index contributed by atoms with van der Waals surface area (Å²) in [5, 5.41) is 5.62. The Morgan fingerprint density at radius 1 is 1.16 bits per heavy atom. The highest BCUT2D eigenvalue weighted by Crippen LogP contribution is 2.37. The quantitative estimate of drug-likeness (QED) is 0.370. The Morgan fingerprint density at radius 3 is 2.35 bits per heavy atom. The molecule has 0 aliphatic heterocycles. The van der Waals surface area contributed by atoms with Gasteiger partial charge in [-0.2, -0.15) is 0 Å². The van der Waals surface area contributed by atoms with Crippen molar-refractivity contribution in [3.63, 3.8) is 0 Å². The Kier molecular flexibility index (Phi) is 10.5. The third kappa shape index (κ3) is 9.12. The van der Waals surface area contributed by atoms with Crippen LogP contribution < -0.4 is 16.4 Å². The number of amides is 4. The van der Waals surface area contributed by atoms with E-state index in [2.05, 4.69) is 16.6 Å². The Morgan fingerprint density at radius 2 is 1.81 bits per heavy atom. The largest absolute Gasteiger partial charge is 0.444 e. The summed E-state index contributed by atoms with van der Waals surface area (Å²) in [5.74, 6) is 1.16. The number of benzene rings is 1. The highest BCUT2D eigenvalue weighted by molar-refractivity contribution is 5.93. The van der Waals surface area contributed by atoms with E-state index in [-0.39, 0.29) is 30.8 Å². The fourth-order valence-electron chi connectivity index (χ4n) is 4.16. The van der Waals surface area contributed by atoms with Crippen LogP contribution in [0, 0.1) is 12.3 Å². The van der Waals surface area contributed by atoms with Crippen molar-refractivity contribution < 1.29 is 23.9 Å². The van der Waals surface area contributed by atoms with E-state index in [0.29, 0.717) is 24.0 Å². The van der Waals surface area contributed by atoms with Gasteiger partial charge in [-0.15, -0.1) is 6.42 Å². The molecule has 0 spiro atoms. The van der Waals surface area contributed by atoms with E-state index in [9.17, 15) is 19.2 Å². The fourth-order valence-corrected chi connectivity index (χ4v) is 4.16. The lowest BCUT2D eigenvalue weighted by Crippen LogP contribution is -2.54. The first-order valence-corrected chi connectivity index (χ1v) is 12.8. The lowest BCUT2D eigenvalue weighted by Gasteiger charge is -2.35. The first kappa shape index (κ1) is 29.7. The van der Waals surface area contributed by atoms with Crippen molar-refractivity contribution in [3.05, 3.63) is 35.4 Å². The minimum atomic E-state index is -1.12. The third-order valence-corrected chi connectivity index (χ3v) is 5.91. The standard InChI is InChI=1S/C28H40N4O5/c1-7-11-18(3)30-25(34)24(21-13-10-9-12-19(21)8-2)32(20-14-15-20)26(35)22(16-17-23(29)33)31-27(36)37-28(4,5)6/h2,9-10,12-13,18,20,22,24H,7,11,14-17H2,1,3-6H3,(H2,29,33)(H,30,34)(H,31,36). The maximum atomic E-state index is 14.0. The van der Waals surface area contributed by atoms with Crippen LogP contribution in [0.3, 0.4) is 0 Å². The van der Waals surface area contributed by atoms with E-state index in [1.807, 2.05) is 13.8 Å². The number of hydrogen-bond donors (Lipinski definition) is 3. The molecule has 1 aliphatic rings. The fraction of sp³-hybridized carbons (Fsp3) is 0.571. The second kappa shape index (κ2) is 13.1. The molecule has 1 aromatic rings. The maximum Gasteiger partial charge on any atom is 0.408 e. The third-order valence-electron chi connectivity index (χ3n) is 5.91. The van der Waals surface area contributed by atoms with Crippen LogP contribution in [-0.4, -0.2) is 52.4 Å². The van der Waals surface area contributed by atoms with Crippen molar-refractivity contribution in [2.24, 2.45) is 5.73 Å². The molecule has 0 aromatic heterocycles. The van der Waals surface area contributed by atoms with Gasteiger partial charge in [-0.25, -0.2) is 4.79 Å². The molecule has 4 N–H and O–H groups in total. The van der Waals surface area contributed by atoms with Gasteiger partial charge in [0, 0.05) is 24.1 Å². The number of terminal acetylenes is 1. The first-order valence-electron chi connectivity index (χ1n) is 12.8. The van der Waals surface area contributed by atoms with Crippen LogP contribution in [0.25, 0.3) is 0 Å². The number of carbonyl (C=O) groups excluding carboxylic acids is 4. The molecule has 3 unspecified atom stereocenters. The zero-order valence-corrected chi connectivity index (χ0v) is 22.5. The van der Waals surface area contributed by atoms with E-state index in [1.165, 1.54) is 4.90 Å². The maximum absolute atomic E-state index is 14.0. The number of nitrogens with zero attached hydrogens (tertiary/aromatic N) is 1. The Bertz CT molecular complexity index is 1020. The summed E-state index contributed by atoms with van der Waals surface area (Å²) < 4.78 is 5.35. The van der Waals surface area contributed by atoms with Crippen LogP contribution in [0.15, 0.2) is 24.3 Å². The second-order valence-electron chi connectivity index (χ2n) is 10.5. The molecule has 1 aromatic carbocycles. The molecular formula is C28H40N4O5. The summed E-state index contributed by atoms with van der Waals surface area (Å²) in [4.78, 5) is 53.4. The molecule has 1 fully saturated rings. The number of carbonyl (C=O) groups is 4. The predicted molar refractivity (Wildman–Crippen MR) is 141 cm³/mol. The van der Waals surface area contributed by atoms with Crippen LogP contribution in [0.5, 0.6) is 0 Å². The molecule has 9 heteroatoms. The Balaban J connectivity index is 2.50. The number of rotatable bonds is 12. The van der Waals surface area contributed by atoms with Gasteiger partial charge in [0.15, 0.2) is 0 Å². The topological polar surface area (TPSA) is 131 Å². The molecule has 9 nitrogen and oxygen atoms in total. The summed E-state index contributed by atoms with van der Waals surface area (Å²) in [6, 6.07) is 4.55. The SMILES string of the molecule is C#Cc1ccccc1C(C(=O)NC(C)CCC)N(C(=O)C(CCC(N)=O)NC(=O)OC(C)(C)C)C1CC1. The predicted octanol–water partition coefficient (Wildman–Crippen LogP) is 3.16. The van der Waals surface area contributed by atoms with Crippen LogP contribution >= 0.6 is 0 Å². The van der Waals surface area contributed by atoms with Crippen molar-refractivity contribution in [1.82, 2.24) is 15.5 Å². The number of primary amides is 1. The van der Waals surface area contributed by atoms with Crippen molar-refractivity contribution in [1.29, 1.82) is 0 Å². The number of hydrogen-bond acceptors (Lipinski definition) is 5. The van der Waals surface area contributed by atoms with Gasteiger partial charge < -0.3 is 26.0 Å². The van der Waals surface area contributed by atoms with Gasteiger partial charge in [0.05, 0.1) is 0 Å². The molecule has 0 saturated heterocycles. The molecule has 37 heavy (non-hydrogen) atoms. The van der Waals surface area contributed by atoms with E-state index >= 15 is 0 Å². The summed E-state index contributed by atoms with van der Waals surface area (Å²) in [6.45, 7) is 9.06. The van der Waals surface area contributed by atoms with E-state index < -0.39 is 35.6 Å². The molecular weight excluding hydrogens is 472 g/mol. The lowest BCUT2D eigenvalue weighted by atomic mass is 9.96. The van der Waals surface area contributed by atoms with Crippen molar-refractivity contribution in [3.8, 4) is 12.3 Å². The van der Waals surface area contributed by atoms with Gasteiger partial charge in [-0.05, 0) is 65.0 Å². The normalized spacial score (nSPS) is 15.5. The van der Waals surface area contributed by atoms with Gasteiger partial charge in [-0.1, -0.05) is 37.5 Å². The zero-order valence-electron chi connectivity index (χ0n) is 22.5. The average Bonchev–Trinajstić information content (AvgIpc) is 3.63. The molecule has 3 atom stereocenters. The number of ether oxygens (including phenoxy) is 1. The van der Waals surface area contributed by atoms with Gasteiger partial charge in [0.25, 0.3) is 0 Å². The molecule has 1 aliphatic carbocycles. The highest BCUT2D eigenvalue weighted by Gasteiger charge is 2.44. The first-order chi connectivity index (χ1) is 17.4. The number of alkyl carbamates (subject to hydrolysis) is 1. The van der Waals surface area contributed by atoms with Crippen LogP contribution in [-0.2, 0) is 19.1 Å². The number of nitrogens with two attached hydrogens (primary N) is 1. The van der Waals surface area contributed by atoms with Crippen LogP contribution in [0.2, 0.25) is 0 Å².